The number of aliphatic hydroxyl groups is 2. The van der Waals surface area contributed by atoms with Crippen LogP contribution >= 0.6 is 0 Å². The third-order valence-corrected chi connectivity index (χ3v) is 5.04. The molecule has 0 saturated carbocycles. The summed E-state index contributed by atoms with van der Waals surface area (Å²) in [7, 11) is 0. The highest BCUT2D eigenvalue weighted by Crippen LogP contribution is 2.35. The normalized spacial score (nSPS) is 28.9. The van der Waals surface area contributed by atoms with Gasteiger partial charge in [0.2, 0.25) is 0 Å². The van der Waals surface area contributed by atoms with E-state index in [4.69, 9.17) is 4.74 Å². The van der Waals surface area contributed by atoms with Crippen LogP contribution in [-0.2, 0) is 11.3 Å². The highest BCUT2D eigenvalue weighted by molar-refractivity contribution is 5.24. The van der Waals surface area contributed by atoms with Gasteiger partial charge in [-0.25, -0.2) is 4.39 Å². The summed E-state index contributed by atoms with van der Waals surface area (Å²) >= 11 is 0. The van der Waals surface area contributed by atoms with Crippen molar-refractivity contribution in [3.8, 4) is 0 Å². The van der Waals surface area contributed by atoms with E-state index in [9.17, 15) is 14.6 Å². The van der Waals surface area contributed by atoms with E-state index in [1.54, 1.807) is 6.92 Å². The average Bonchev–Trinajstić information content (AvgIpc) is 2.51. The Balaban J connectivity index is 1.60. The zero-order chi connectivity index (χ0) is 15.7. The third-order valence-electron chi connectivity index (χ3n) is 5.04. The molecule has 2 aliphatic heterocycles. The molecule has 0 aromatic heterocycles. The molecular weight excluding hydrogens is 285 g/mol. The van der Waals surface area contributed by atoms with Gasteiger partial charge in [0.15, 0.2) is 0 Å². The SMILES string of the molecule is Cc1cc(CN2CCC3(CC2)OCC[C@H](O)[C@@H]3O)ccc1F. The summed E-state index contributed by atoms with van der Waals surface area (Å²) in [6.07, 6.45) is 0.453. The summed E-state index contributed by atoms with van der Waals surface area (Å²) in [5.74, 6) is -0.172. The largest absolute Gasteiger partial charge is 0.390 e. The molecule has 0 aliphatic carbocycles. The highest BCUT2D eigenvalue weighted by atomic mass is 19.1. The number of halogens is 1. The molecule has 4 nitrogen and oxygen atoms in total. The average molecular weight is 309 g/mol. The Kier molecular flexibility index (Phi) is 4.50. The first-order valence-corrected chi connectivity index (χ1v) is 7.98. The maximum Gasteiger partial charge on any atom is 0.126 e. The van der Waals surface area contributed by atoms with Crippen LogP contribution in [0.4, 0.5) is 4.39 Å². The van der Waals surface area contributed by atoms with Gasteiger partial charge in [-0.15, -0.1) is 0 Å². The van der Waals surface area contributed by atoms with Crippen LogP contribution in [0.1, 0.15) is 30.4 Å². The van der Waals surface area contributed by atoms with Gasteiger partial charge in [-0.2, -0.15) is 0 Å². The predicted molar refractivity (Wildman–Crippen MR) is 81.0 cm³/mol. The number of hydrogen-bond donors (Lipinski definition) is 2. The van der Waals surface area contributed by atoms with Crippen LogP contribution in [0.25, 0.3) is 0 Å². The van der Waals surface area contributed by atoms with Crippen LogP contribution in [-0.4, -0.2) is 52.6 Å². The van der Waals surface area contributed by atoms with Crippen LogP contribution in [0, 0.1) is 12.7 Å². The van der Waals surface area contributed by atoms with E-state index >= 15 is 0 Å². The van der Waals surface area contributed by atoms with Crippen molar-refractivity contribution in [1.29, 1.82) is 0 Å². The summed E-state index contributed by atoms with van der Waals surface area (Å²) in [5, 5.41) is 20.1. The van der Waals surface area contributed by atoms with Crippen molar-refractivity contribution in [2.75, 3.05) is 19.7 Å². The van der Waals surface area contributed by atoms with Crippen molar-refractivity contribution in [1.82, 2.24) is 4.90 Å². The van der Waals surface area contributed by atoms with E-state index in [-0.39, 0.29) is 5.82 Å². The van der Waals surface area contributed by atoms with Gasteiger partial charge in [-0.3, -0.25) is 4.90 Å². The van der Waals surface area contributed by atoms with Gasteiger partial charge in [-0.05, 0) is 43.4 Å². The van der Waals surface area contributed by atoms with Gasteiger partial charge in [0.25, 0.3) is 0 Å². The number of ether oxygens (including phenoxy) is 1. The molecule has 2 aliphatic rings. The first-order valence-electron chi connectivity index (χ1n) is 7.98. The predicted octanol–water partition coefficient (Wildman–Crippen LogP) is 1.61. The van der Waals surface area contributed by atoms with Crippen molar-refractivity contribution >= 4 is 0 Å². The molecule has 0 radical (unpaired) electrons. The molecule has 1 aromatic carbocycles. The lowest BCUT2D eigenvalue weighted by Crippen LogP contribution is -2.59. The Labute approximate surface area is 130 Å². The lowest BCUT2D eigenvalue weighted by Gasteiger charge is -2.48. The van der Waals surface area contributed by atoms with Crippen LogP contribution in [0.5, 0.6) is 0 Å². The molecule has 2 N–H and O–H groups in total. The molecule has 1 aromatic rings. The first kappa shape index (κ1) is 15.9. The van der Waals surface area contributed by atoms with Crippen LogP contribution in [0.3, 0.4) is 0 Å². The number of rotatable bonds is 2. The summed E-state index contributed by atoms with van der Waals surface area (Å²) in [4.78, 5) is 2.29. The molecule has 122 valence electrons. The van der Waals surface area contributed by atoms with Crippen molar-refractivity contribution in [2.45, 2.75) is 50.5 Å². The number of hydrogen-bond acceptors (Lipinski definition) is 4. The van der Waals surface area contributed by atoms with Crippen molar-refractivity contribution in [2.24, 2.45) is 0 Å². The fraction of sp³-hybridized carbons (Fsp3) is 0.647. The molecule has 3 rings (SSSR count). The molecule has 0 bridgehead atoms. The number of aliphatic hydroxyl groups excluding tert-OH is 2. The van der Waals surface area contributed by atoms with Crippen molar-refractivity contribution < 1.29 is 19.3 Å². The quantitative estimate of drug-likeness (QED) is 0.871. The van der Waals surface area contributed by atoms with E-state index in [0.29, 0.717) is 31.4 Å². The monoisotopic (exact) mass is 309 g/mol. The second kappa shape index (κ2) is 6.24. The molecule has 22 heavy (non-hydrogen) atoms. The van der Waals surface area contributed by atoms with E-state index < -0.39 is 17.8 Å². The molecule has 2 heterocycles. The van der Waals surface area contributed by atoms with Crippen LogP contribution in [0.15, 0.2) is 18.2 Å². The van der Waals surface area contributed by atoms with Crippen molar-refractivity contribution in [3.63, 3.8) is 0 Å². The number of nitrogens with zero attached hydrogens (tertiary/aromatic N) is 1. The smallest absolute Gasteiger partial charge is 0.126 e. The van der Waals surface area contributed by atoms with Crippen LogP contribution in [0.2, 0.25) is 0 Å². The Morgan fingerprint density at radius 3 is 2.73 bits per heavy atom. The highest BCUT2D eigenvalue weighted by Gasteiger charge is 2.47. The zero-order valence-corrected chi connectivity index (χ0v) is 13.0. The molecule has 2 atom stereocenters. The second-order valence-corrected chi connectivity index (χ2v) is 6.57. The minimum absolute atomic E-state index is 0.172. The van der Waals surface area contributed by atoms with E-state index in [0.717, 1.165) is 25.2 Å². The Morgan fingerprint density at radius 2 is 2.05 bits per heavy atom. The fourth-order valence-corrected chi connectivity index (χ4v) is 3.57. The number of aryl methyl sites for hydroxylation is 1. The Hall–Kier alpha value is -1.01. The number of likely N-dealkylation sites (tertiary alicyclic amines) is 1. The number of piperidine rings is 1. The molecule has 1 spiro atoms. The Morgan fingerprint density at radius 1 is 1.32 bits per heavy atom. The van der Waals surface area contributed by atoms with Crippen LogP contribution < -0.4 is 0 Å². The fourth-order valence-electron chi connectivity index (χ4n) is 3.57. The minimum atomic E-state index is -0.795. The molecular formula is C17H24FNO3. The summed E-state index contributed by atoms with van der Waals surface area (Å²) < 4.78 is 19.2. The lowest BCUT2D eigenvalue weighted by atomic mass is 9.80. The maximum absolute atomic E-state index is 13.3. The van der Waals surface area contributed by atoms with Gasteiger partial charge in [0.1, 0.15) is 11.9 Å². The molecule has 2 saturated heterocycles. The second-order valence-electron chi connectivity index (χ2n) is 6.57. The summed E-state index contributed by atoms with van der Waals surface area (Å²) in [5.41, 5.74) is 1.17. The van der Waals surface area contributed by atoms with Gasteiger partial charge >= 0.3 is 0 Å². The summed E-state index contributed by atoms with van der Waals surface area (Å²) in [6.45, 7) is 4.67. The lowest BCUT2D eigenvalue weighted by molar-refractivity contribution is -0.214. The van der Waals surface area contributed by atoms with E-state index in [1.807, 2.05) is 12.1 Å². The topological polar surface area (TPSA) is 52.9 Å². The third kappa shape index (κ3) is 3.04. The standard InChI is InChI=1S/C17H24FNO3/c1-12-10-13(2-3-14(12)18)11-19-7-5-17(6-8-19)16(21)15(20)4-9-22-17/h2-3,10,15-16,20-21H,4-9,11H2,1H3/t15-,16-/m0/s1. The zero-order valence-electron chi connectivity index (χ0n) is 13.0. The van der Waals surface area contributed by atoms with Gasteiger partial charge in [0.05, 0.1) is 18.3 Å². The molecule has 2 fully saturated rings. The van der Waals surface area contributed by atoms with Gasteiger partial charge in [-0.1, -0.05) is 12.1 Å². The maximum atomic E-state index is 13.3. The van der Waals surface area contributed by atoms with E-state index in [2.05, 4.69) is 4.90 Å². The molecule has 5 heteroatoms. The van der Waals surface area contributed by atoms with Gasteiger partial charge in [0, 0.05) is 19.6 Å². The summed E-state index contributed by atoms with van der Waals surface area (Å²) in [6, 6.07) is 5.22. The number of benzene rings is 1. The van der Waals surface area contributed by atoms with Crippen molar-refractivity contribution in [3.05, 3.63) is 35.1 Å². The first-order chi connectivity index (χ1) is 10.5. The van der Waals surface area contributed by atoms with E-state index in [1.165, 1.54) is 6.07 Å². The minimum Gasteiger partial charge on any atom is -0.390 e. The molecule has 0 unspecified atom stereocenters. The Bertz CT molecular complexity index is 529. The molecule has 0 amide bonds. The van der Waals surface area contributed by atoms with Gasteiger partial charge < -0.3 is 14.9 Å².